The Balaban J connectivity index is 0.00000264. The molecule has 0 radical (unpaired) electrons. The van der Waals surface area contributed by atoms with Crippen LogP contribution in [0.4, 0.5) is 4.39 Å². The van der Waals surface area contributed by atoms with Gasteiger partial charge in [-0.1, -0.05) is 0 Å². The van der Waals surface area contributed by atoms with Crippen LogP contribution in [0.5, 0.6) is 5.75 Å². The quantitative estimate of drug-likeness (QED) is 0.795. The number of nitrogens with one attached hydrogen (secondary N) is 1. The first-order valence-electron chi connectivity index (χ1n) is 6.93. The summed E-state index contributed by atoms with van der Waals surface area (Å²) in [5, 5.41) is 5.33. The maximum Gasteiger partial charge on any atom is 0.270 e. The van der Waals surface area contributed by atoms with E-state index in [9.17, 15) is 9.18 Å². The summed E-state index contributed by atoms with van der Waals surface area (Å²) in [4.78, 5) is 16.2. The number of benzene rings is 1. The standard InChI is InChI=1S/C15H18FN3O2S.ClH/c1-10(21-12-4-2-11(16)3-5-12)8-18-15(20)13-9-22-14(19-13)6-7-17;/h2-5,9-10H,6-8,17H2,1H3,(H,18,20);1H. The molecule has 0 bridgehead atoms. The molecule has 23 heavy (non-hydrogen) atoms. The SMILES string of the molecule is CC(CNC(=O)c1csc(CCN)n1)Oc1ccc(F)cc1.Cl. The third-order valence-electron chi connectivity index (χ3n) is 2.84. The van der Waals surface area contributed by atoms with Gasteiger partial charge >= 0.3 is 0 Å². The highest BCUT2D eigenvalue weighted by Crippen LogP contribution is 2.13. The van der Waals surface area contributed by atoms with Gasteiger partial charge in [0.25, 0.3) is 5.91 Å². The van der Waals surface area contributed by atoms with Gasteiger partial charge in [0, 0.05) is 11.8 Å². The van der Waals surface area contributed by atoms with E-state index in [1.807, 2.05) is 6.92 Å². The van der Waals surface area contributed by atoms with Gasteiger partial charge in [-0.3, -0.25) is 4.79 Å². The van der Waals surface area contributed by atoms with Crippen LogP contribution in [-0.2, 0) is 6.42 Å². The summed E-state index contributed by atoms with van der Waals surface area (Å²) >= 11 is 1.42. The third-order valence-corrected chi connectivity index (χ3v) is 3.75. The molecule has 2 rings (SSSR count). The van der Waals surface area contributed by atoms with E-state index in [2.05, 4.69) is 10.3 Å². The molecule has 0 saturated carbocycles. The zero-order chi connectivity index (χ0) is 15.9. The second kappa shape index (κ2) is 9.44. The van der Waals surface area contributed by atoms with Crippen molar-refractivity contribution in [3.8, 4) is 5.75 Å². The molecule has 1 unspecified atom stereocenters. The number of hydrogen-bond donors (Lipinski definition) is 2. The van der Waals surface area contributed by atoms with Crippen LogP contribution in [0.2, 0.25) is 0 Å². The van der Waals surface area contributed by atoms with Crippen LogP contribution in [0, 0.1) is 5.82 Å². The van der Waals surface area contributed by atoms with Crippen molar-refractivity contribution in [2.24, 2.45) is 5.73 Å². The molecule has 126 valence electrons. The van der Waals surface area contributed by atoms with Crippen molar-refractivity contribution in [2.75, 3.05) is 13.1 Å². The van der Waals surface area contributed by atoms with Crippen molar-refractivity contribution in [2.45, 2.75) is 19.4 Å². The summed E-state index contributed by atoms with van der Waals surface area (Å²) < 4.78 is 18.4. The molecule has 0 saturated heterocycles. The molecule has 0 aliphatic heterocycles. The van der Waals surface area contributed by atoms with Crippen molar-refractivity contribution in [3.63, 3.8) is 0 Å². The van der Waals surface area contributed by atoms with E-state index in [0.29, 0.717) is 31.0 Å². The number of hydrogen-bond acceptors (Lipinski definition) is 5. The third kappa shape index (κ3) is 6.13. The van der Waals surface area contributed by atoms with Crippen molar-refractivity contribution in [1.82, 2.24) is 10.3 Å². The smallest absolute Gasteiger partial charge is 0.270 e. The van der Waals surface area contributed by atoms with Crippen LogP contribution in [0.1, 0.15) is 22.4 Å². The number of carbonyl (C=O) groups excluding carboxylic acids is 1. The van der Waals surface area contributed by atoms with E-state index in [-0.39, 0.29) is 30.2 Å². The van der Waals surface area contributed by atoms with Crippen LogP contribution in [0.25, 0.3) is 0 Å². The topological polar surface area (TPSA) is 77.2 Å². The molecule has 0 aliphatic carbocycles. The van der Waals surface area contributed by atoms with Gasteiger partial charge in [-0.2, -0.15) is 0 Å². The summed E-state index contributed by atoms with van der Waals surface area (Å²) in [5.41, 5.74) is 5.84. The summed E-state index contributed by atoms with van der Waals surface area (Å²) in [6.07, 6.45) is 0.429. The molecule has 3 N–H and O–H groups in total. The fraction of sp³-hybridized carbons (Fsp3) is 0.333. The molecule has 1 heterocycles. The number of carbonyl (C=O) groups is 1. The van der Waals surface area contributed by atoms with Crippen LogP contribution in [0.15, 0.2) is 29.6 Å². The fourth-order valence-electron chi connectivity index (χ4n) is 1.77. The lowest BCUT2D eigenvalue weighted by molar-refractivity contribution is 0.0927. The lowest BCUT2D eigenvalue weighted by Gasteiger charge is -2.15. The van der Waals surface area contributed by atoms with Crippen molar-refractivity contribution >= 4 is 29.7 Å². The lowest BCUT2D eigenvalue weighted by Crippen LogP contribution is -2.33. The lowest BCUT2D eigenvalue weighted by atomic mass is 10.3. The van der Waals surface area contributed by atoms with Crippen LogP contribution >= 0.6 is 23.7 Å². The Hall–Kier alpha value is -1.70. The summed E-state index contributed by atoms with van der Waals surface area (Å²) in [7, 11) is 0. The largest absolute Gasteiger partial charge is 0.489 e. The normalized spacial score (nSPS) is 11.4. The number of amides is 1. The predicted octanol–water partition coefficient (Wildman–Crippen LogP) is 2.40. The fourth-order valence-corrected chi connectivity index (χ4v) is 2.56. The summed E-state index contributed by atoms with van der Waals surface area (Å²) in [6, 6.07) is 5.75. The Bertz CT molecular complexity index is 621. The van der Waals surface area contributed by atoms with Crippen molar-refractivity contribution in [1.29, 1.82) is 0 Å². The first kappa shape index (κ1) is 19.3. The second-order valence-electron chi connectivity index (χ2n) is 4.76. The van der Waals surface area contributed by atoms with Crippen molar-refractivity contribution in [3.05, 3.63) is 46.2 Å². The Morgan fingerprint density at radius 2 is 2.13 bits per heavy atom. The maximum absolute atomic E-state index is 12.8. The number of nitrogens with two attached hydrogens (primary N) is 1. The van der Waals surface area contributed by atoms with Crippen LogP contribution in [0.3, 0.4) is 0 Å². The van der Waals surface area contributed by atoms with Crippen LogP contribution < -0.4 is 15.8 Å². The number of thiazole rings is 1. The van der Waals surface area contributed by atoms with E-state index in [0.717, 1.165) is 5.01 Å². The molecule has 8 heteroatoms. The Morgan fingerprint density at radius 3 is 2.78 bits per heavy atom. The van der Waals surface area contributed by atoms with Gasteiger partial charge in [0.05, 0.1) is 11.6 Å². The predicted molar refractivity (Wildman–Crippen MR) is 90.9 cm³/mol. The molecule has 0 fully saturated rings. The van der Waals surface area contributed by atoms with E-state index < -0.39 is 0 Å². The van der Waals surface area contributed by atoms with E-state index in [1.165, 1.54) is 23.5 Å². The Labute approximate surface area is 144 Å². The van der Waals surface area contributed by atoms with Gasteiger partial charge in [-0.05, 0) is 37.7 Å². The molecule has 1 aromatic heterocycles. The molecule has 2 aromatic rings. The minimum absolute atomic E-state index is 0. The molecular formula is C15H19ClFN3O2S. The number of ether oxygens (including phenoxy) is 1. The number of halogens is 2. The molecule has 0 spiro atoms. The van der Waals surface area contributed by atoms with E-state index in [1.54, 1.807) is 17.5 Å². The van der Waals surface area contributed by atoms with E-state index in [4.69, 9.17) is 10.5 Å². The van der Waals surface area contributed by atoms with Gasteiger partial charge < -0.3 is 15.8 Å². The first-order chi connectivity index (χ1) is 10.6. The molecule has 1 amide bonds. The van der Waals surface area contributed by atoms with E-state index >= 15 is 0 Å². The minimum Gasteiger partial charge on any atom is -0.489 e. The summed E-state index contributed by atoms with van der Waals surface area (Å²) in [5.74, 6) is 0.00115. The Kier molecular flexibility index (Phi) is 7.94. The minimum atomic E-state index is -0.315. The zero-order valence-electron chi connectivity index (χ0n) is 12.6. The molecule has 1 aromatic carbocycles. The van der Waals surface area contributed by atoms with Gasteiger partial charge in [0.2, 0.25) is 0 Å². The molecule has 5 nitrogen and oxygen atoms in total. The number of nitrogens with zero attached hydrogens (tertiary/aromatic N) is 1. The molecule has 1 atom stereocenters. The monoisotopic (exact) mass is 359 g/mol. The van der Waals surface area contributed by atoms with Crippen LogP contribution in [-0.4, -0.2) is 30.1 Å². The molecule has 0 aliphatic rings. The van der Waals surface area contributed by atoms with Crippen molar-refractivity contribution < 1.29 is 13.9 Å². The zero-order valence-corrected chi connectivity index (χ0v) is 14.3. The average molecular weight is 360 g/mol. The van der Waals surface area contributed by atoms with Gasteiger partial charge in [0.1, 0.15) is 23.4 Å². The summed E-state index contributed by atoms with van der Waals surface area (Å²) in [6.45, 7) is 2.67. The maximum atomic E-state index is 12.8. The van der Waals surface area contributed by atoms with Gasteiger partial charge in [0.15, 0.2) is 0 Å². The first-order valence-corrected chi connectivity index (χ1v) is 7.81. The van der Waals surface area contributed by atoms with Gasteiger partial charge in [-0.15, -0.1) is 23.7 Å². The Morgan fingerprint density at radius 1 is 1.43 bits per heavy atom. The highest BCUT2D eigenvalue weighted by atomic mass is 35.5. The molecular weight excluding hydrogens is 341 g/mol. The highest BCUT2D eigenvalue weighted by molar-refractivity contribution is 7.09. The number of aromatic nitrogens is 1. The average Bonchev–Trinajstić information content (AvgIpc) is 2.96. The highest BCUT2D eigenvalue weighted by Gasteiger charge is 2.12. The second-order valence-corrected chi connectivity index (χ2v) is 5.70. The number of rotatable bonds is 7. The van der Waals surface area contributed by atoms with Gasteiger partial charge in [-0.25, -0.2) is 9.37 Å².